The van der Waals surface area contributed by atoms with Gasteiger partial charge in [0.25, 0.3) is 5.56 Å². The lowest BCUT2D eigenvalue weighted by atomic mass is 10.0. The van der Waals surface area contributed by atoms with E-state index < -0.39 is 23.0 Å². The van der Waals surface area contributed by atoms with Gasteiger partial charge >= 0.3 is 0 Å². The van der Waals surface area contributed by atoms with E-state index in [2.05, 4.69) is 0 Å². The van der Waals surface area contributed by atoms with Crippen LogP contribution in [0.4, 0.5) is 4.39 Å². The van der Waals surface area contributed by atoms with Crippen molar-refractivity contribution in [1.29, 1.82) is 5.26 Å². The Bertz CT molecular complexity index is 1080. The number of halogens is 1. The van der Waals surface area contributed by atoms with Gasteiger partial charge in [0.1, 0.15) is 17.4 Å². The number of benzene rings is 1. The third-order valence-electron chi connectivity index (χ3n) is 4.03. The highest BCUT2D eigenvalue weighted by Crippen LogP contribution is 2.27. The quantitative estimate of drug-likeness (QED) is 0.717. The summed E-state index contributed by atoms with van der Waals surface area (Å²) in [5, 5.41) is 21.7. The SMILES string of the molecule is Cc1c(C(=O)c2cccs2)c(O)n(Cc2ccc(F)cc2)c(=O)c1C#N. The summed E-state index contributed by atoms with van der Waals surface area (Å²) in [6.45, 7) is 1.37. The van der Waals surface area contributed by atoms with Crippen LogP contribution in [0.1, 0.15) is 31.9 Å². The van der Waals surface area contributed by atoms with Crippen LogP contribution >= 0.6 is 11.3 Å². The number of carbonyl (C=O) groups is 1. The Morgan fingerprint density at radius 1 is 1.31 bits per heavy atom. The molecule has 0 saturated heterocycles. The molecule has 0 aliphatic heterocycles. The van der Waals surface area contributed by atoms with Crippen molar-refractivity contribution in [2.75, 3.05) is 0 Å². The van der Waals surface area contributed by atoms with Crippen molar-refractivity contribution >= 4 is 17.1 Å². The van der Waals surface area contributed by atoms with E-state index >= 15 is 0 Å². The maximum Gasteiger partial charge on any atom is 0.271 e. The summed E-state index contributed by atoms with van der Waals surface area (Å²) in [6, 6.07) is 10.5. The lowest BCUT2D eigenvalue weighted by molar-refractivity contribution is 0.103. The molecule has 0 aliphatic rings. The summed E-state index contributed by atoms with van der Waals surface area (Å²) < 4.78 is 14.0. The number of rotatable bonds is 4. The number of hydrogen-bond donors (Lipinski definition) is 1. The minimum Gasteiger partial charge on any atom is -0.494 e. The maximum atomic E-state index is 13.1. The van der Waals surface area contributed by atoms with Crippen molar-refractivity contribution in [2.45, 2.75) is 13.5 Å². The van der Waals surface area contributed by atoms with Crippen molar-refractivity contribution in [3.05, 3.63) is 85.1 Å². The number of nitriles is 1. The van der Waals surface area contributed by atoms with Crippen molar-refractivity contribution in [3.63, 3.8) is 0 Å². The Morgan fingerprint density at radius 2 is 2.00 bits per heavy atom. The topological polar surface area (TPSA) is 83.1 Å². The number of pyridine rings is 1. The van der Waals surface area contributed by atoms with E-state index in [1.807, 2.05) is 6.07 Å². The molecule has 0 saturated carbocycles. The molecule has 0 radical (unpaired) electrons. The maximum absolute atomic E-state index is 13.1. The zero-order chi connectivity index (χ0) is 18.8. The van der Waals surface area contributed by atoms with E-state index in [0.717, 1.165) is 4.57 Å². The van der Waals surface area contributed by atoms with E-state index in [1.54, 1.807) is 17.5 Å². The Kier molecular flexibility index (Phi) is 4.69. The van der Waals surface area contributed by atoms with E-state index in [9.17, 15) is 24.3 Å². The van der Waals surface area contributed by atoms with Gasteiger partial charge in [-0.1, -0.05) is 18.2 Å². The fourth-order valence-corrected chi connectivity index (χ4v) is 3.34. The second-order valence-electron chi connectivity index (χ2n) is 5.63. The molecule has 3 rings (SSSR count). The number of nitrogens with zero attached hydrogens (tertiary/aromatic N) is 2. The van der Waals surface area contributed by atoms with Crippen molar-refractivity contribution in [2.24, 2.45) is 0 Å². The van der Waals surface area contributed by atoms with E-state index in [1.165, 1.54) is 42.5 Å². The number of carbonyl (C=O) groups excluding carboxylic acids is 1. The molecule has 130 valence electrons. The van der Waals surface area contributed by atoms with Crippen LogP contribution in [0, 0.1) is 24.1 Å². The van der Waals surface area contributed by atoms with Gasteiger partial charge in [0, 0.05) is 0 Å². The number of ketones is 1. The minimum atomic E-state index is -0.699. The first-order valence-corrected chi connectivity index (χ1v) is 8.51. The minimum absolute atomic E-state index is 0.0780. The summed E-state index contributed by atoms with van der Waals surface area (Å²) >= 11 is 1.20. The highest BCUT2D eigenvalue weighted by atomic mass is 32.1. The van der Waals surface area contributed by atoms with Crippen LogP contribution in [0.2, 0.25) is 0 Å². The van der Waals surface area contributed by atoms with Crippen LogP contribution in [0.25, 0.3) is 0 Å². The molecule has 0 unspecified atom stereocenters. The average molecular weight is 368 g/mol. The molecule has 0 amide bonds. The summed E-state index contributed by atoms with van der Waals surface area (Å²) in [5.74, 6) is -1.39. The van der Waals surface area contributed by atoms with Gasteiger partial charge in [-0.3, -0.25) is 14.2 Å². The predicted molar refractivity (Wildman–Crippen MR) is 95.1 cm³/mol. The first kappa shape index (κ1) is 17.6. The second kappa shape index (κ2) is 6.94. The average Bonchev–Trinajstić information content (AvgIpc) is 3.15. The lowest BCUT2D eigenvalue weighted by Gasteiger charge is -2.15. The molecule has 0 spiro atoms. The first-order chi connectivity index (χ1) is 12.4. The van der Waals surface area contributed by atoms with Crippen LogP contribution in [0.3, 0.4) is 0 Å². The van der Waals surface area contributed by atoms with Gasteiger partial charge in [-0.2, -0.15) is 5.26 Å². The third-order valence-corrected chi connectivity index (χ3v) is 4.89. The second-order valence-corrected chi connectivity index (χ2v) is 6.58. The lowest BCUT2D eigenvalue weighted by Crippen LogP contribution is -2.27. The van der Waals surface area contributed by atoms with Gasteiger partial charge in [0.2, 0.25) is 11.7 Å². The highest BCUT2D eigenvalue weighted by Gasteiger charge is 2.25. The Labute approximate surface area is 152 Å². The van der Waals surface area contributed by atoms with Crippen LogP contribution in [0.15, 0.2) is 46.6 Å². The van der Waals surface area contributed by atoms with Crippen LogP contribution < -0.4 is 5.56 Å². The predicted octanol–water partition coefficient (Wildman–Crippen LogP) is 3.21. The number of aromatic nitrogens is 1. The molecular formula is C19H13FN2O3S. The zero-order valence-corrected chi connectivity index (χ0v) is 14.5. The van der Waals surface area contributed by atoms with Crippen LogP contribution in [0.5, 0.6) is 5.88 Å². The number of aromatic hydroxyl groups is 1. The summed E-state index contributed by atoms with van der Waals surface area (Å²) in [5.41, 5.74) is -0.292. The molecule has 2 heterocycles. The Hall–Kier alpha value is -3.24. The molecule has 2 aromatic heterocycles. The molecule has 1 aromatic carbocycles. The first-order valence-electron chi connectivity index (χ1n) is 7.63. The van der Waals surface area contributed by atoms with Crippen molar-refractivity contribution < 1.29 is 14.3 Å². The van der Waals surface area contributed by atoms with Gasteiger partial charge in [0.05, 0.1) is 17.0 Å². The molecule has 0 fully saturated rings. The van der Waals surface area contributed by atoms with Crippen molar-refractivity contribution in [3.8, 4) is 11.9 Å². The molecule has 0 atom stereocenters. The van der Waals surface area contributed by atoms with Crippen LogP contribution in [-0.4, -0.2) is 15.5 Å². The zero-order valence-electron chi connectivity index (χ0n) is 13.7. The largest absolute Gasteiger partial charge is 0.494 e. The Balaban J connectivity index is 2.20. The summed E-state index contributed by atoms with van der Waals surface area (Å²) in [7, 11) is 0. The third kappa shape index (κ3) is 3.03. The van der Waals surface area contributed by atoms with Gasteiger partial charge < -0.3 is 5.11 Å². The molecule has 5 nitrogen and oxygen atoms in total. The molecule has 26 heavy (non-hydrogen) atoms. The van der Waals surface area contributed by atoms with Gasteiger partial charge in [-0.25, -0.2) is 4.39 Å². The van der Waals surface area contributed by atoms with E-state index in [-0.39, 0.29) is 23.2 Å². The Morgan fingerprint density at radius 3 is 2.58 bits per heavy atom. The fourth-order valence-electron chi connectivity index (χ4n) is 2.67. The molecule has 0 bridgehead atoms. The highest BCUT2D eigenvalue weighted by molar-refractivity contribution is 7.12. The smallest absolute Gasteiger partial charge is 0.271 e. The molecule has 1 N–H and O–H groups in total. The van der Waals surface area contributed by atoms with Crippen molar-refractivity contribution in [1.82, 2.24) is 4.57 Å². The number of hydrogen-bond acceptors (Lipinski definition) is 5. The van der Waals surface area contributed by atoms with E-state index in [4.69, 9.17) is 0 Å². The molecular weight excluding hydrogens is 355 g/mol. The summed E-state index contributed by atoms with van der Waals surface area (Å²) in [4.78, 5) is 25.7. The van der Waals surface area contributed by atoms with Gasteiger partial charge in [0.15, 0.2) is 0 Å². The number of thiophene rings is 1. The fraction of sp³-hybridized carbons (Fsp3) is 0.105. The monoisotopic (exact) mass is 368 g/mol. The standard InChI is InChI=1S/C19H13FN2O3S/c1-11-14(9-21)18(24)22(10-12-4-6-13(20)7-5-12)19(25)16(11)17(23)15-3-2-8-26-15/h2-8,25H,10H2,1H3. The van der Waals surface area contributed by atoms with Gasteiger partial charge in [-0.05, 0) is 41.6 Å². The molecule has 7 heteroatoms. The summed E-state index contributed by atoms with van der Waals surface area (Å²) in [6.07, 6.45) is 0. The molecule has 3 aromatic rings. The van der Waals surface area contributed by atoms with Crippen LogP contribution in [-0.2, 0) is 6.54 Å². The molecule has 0 aliphatic carbocycles. The van der Waals surface area contributed by atoms with E-state index in [0.29, 0.717) is 10.4 Å². The normalized spacial score (nSPS) is 10.5. The van der Waals surface area contributed by atoms with Gasteiger partial charge in [-0.15, -0.1) is 11.3 Å².